The van der Waals surface area contributed by atoms with Crippen LogP contribution in [0.1, 0.15) is 37.2 Å². The molecule has 0 aromatic heterocycles. The largest absolute Gasteiger partial charge is 0.478 e. The second-order valence-corrected chi connectivity index (χ2v) is 6.92. The van der Waals surface area contributed by atoms with Crippen molar-refractivity contribution >= 4 is 11.9 Å². The van der Waals surface area contributed by atoms with Gasteiger partial charge in [0.15, 0.2) is 0 Å². The molecule has 3 N–H and O–H groups in total. The van der Waals surface area contributed by atoms with Gasteiger partial charge in [-0.1, -0.05) is 12.1 Å². The Morgan fingerprint density at radius 3 is 1.68 bits per heavy atom. The van der Waals surface area contributed by atoms with E-state index in [4.69, 9.17) is 0 Å². The van der Waals surface area contributed by atoms with Crippen molar-refractivity contribution in [2.45, 2.75) is 31.6 Å². The van der Waals surface area contributed by atoms with Crippen molar-refractivity contribution in [2.24, 2.45) is 11.8 Å². The Morgan fingerprint density at radius 1 is 0.880 bits per heavy atom. The molecular weight excluding hydrogens is 325 g/mol. The van der Waals surface area contributed by atoms with Crippen LogP contribution < -0.4 is 5.32 Å². The van der Waals surface area contributed by atoms with Crippen LogP contribution in [0.25, 0.3) is 0 Å². The zero-order valence-electron chi connectivity index (χ0n) is 13.5. The van der Waals surface area contributed by atoms with Crippen molar-refractivity contribution in [3.8, 4) is 0 Å². The van der Waals surface area contributed by atoms with Crippen LogP contribution >= 0.6 is 0 Å². The lowest BCUT2D eigenvalue weighted by atomic mass is 9.78. The third-order valence-electron chi connectivity index (χ3n) is 5.06. The van der Waals surface area contributed by atoms with Crippen LogP contribution in [0.3, 0.4) is 0 Å². The topological polar surface area (TPSA) is 86.6 Å². The Hall–Kier alpha value is -2.63. The van der Waals surface area contributed by atoms with Crippen molar-refractivity contribution < 1.29 is 24.2 Å². The fourth-order valence-electron chi connectivity index (χ4n) is 3.59. The zero-order chi connectivity index (χ0) is 17.7. The summed E-state index contributed by atoms with van der Waals surface area (Å²) in [5.74, 6) is -3.31. The summed E-state index contributed by atoms with van der Waals surface area (Å²) in [5, 5.41) is 22.8. The molecule has 3 aliphatic rings. The van der Waals surface area contributed by atoms with Crippen molar-refractivity contribution in [1.29, 1.82) is 0 Å². The number of carbonyl (C=O) groups is 2. The zero-order valence-corrected chi connectivity index (χ0v) is 13.5. The molecule has 130 valence electrons. The monoisotopic (exact) mass is 343 g/mol. The summed E-state index contributed by atoms with van der Waals surface area (Å²) in [6, 6.07) is 5.44. The van der Waals surface area contributed by atoms with Crippen LogP contribution in [0.5, 0.6) is 0 Å². The van der Waals surface area contributed by atoms with E-state index in [0.29, 0.717) is 17.0 Å². The van der Waals surface area contributed by atoms with Gasteiger partial charge >= 0.3 is 11.9 Å². The first-order chi connectivity index (χ1) is 12.0. The maximum atomic E-state index is 13.3. The lowest BCUT2D eigenvalue weighted by Crippen LogP contribution is -2.34. The van der Waals surface area contributed by atoms with Crippen LogP contribution in [0, 0.1) is 17.7 Å². The number of allylic oxidation sites excluding steroid dienone is 2. The summed E-state index contributed by atoms with van der Waals surface area (Å²) in [4.78, 5) is 24.0. The summed E-state index contributed by atoms with van der Waals surface area (Å²) in [7, 11) is 0. The van der Waals surface area contributed by atoms with Gasteiger partial charge in [0.25, 0.3) is 0 Å². The van der Waals surface area contributed by atoms with Gasteiger partial charge in [0.05, 0.1) is 17.1 Å². The lowest BCUT2D eigenvalue weighted by Gasteiger charge is -2.31. The average Bonchev–Trinajstić information content (AvgIpc) is 3.47. The van der Waals surface area contributed by atoms with Crippen LogP contribution in [0.4, 0.5) is 4.39 Å². The highest BCUT2D eigenvalue weighted by Gasteiger charge is 2.45. The molecule has 2 aliphatic carbocycles. The van der Waals surface area contributed by atoms with Gasteiger partial charge in [-0.3, -0.25) is 0 Å². The summed E-state index contributed by atoms with van der Waals surface area (Å²) in [6.45, 7) is 0. The number of rotatable bonds is 5. The molecule has 0 atom stereocenters. The van der Waals surface area contributed by atoms with E-state index in [1.54, 1.807) is 0 Å². The van der Waals surface area contributed by atoms with Crippen LogP contribution in [0.2, 0.25) is 0 Å². The summed E-state index contributed by atoms with van der Waals surface area (Å²) < 4.78 is 13.3. The van der Waals surface area contributed by atoms with E-state index in [1.165, 1.54) is 24.3 Å². The number of hydrogen-bond acceptors (Lipinski definition) is 3. The summed E-state index contributed by atoms with van der Waals surface area (Å²) >= 11 is 0. The molecule has 2 fully saturated rings. The normalized spacial score (nSPS) is 21.3. The molecular formula is C19H18FNO4. The minimum absolute atomic E-state index is 0.0795. The molecule has 0 unspecified atom stereocenters. The van der Waals surface area contributed by atoms with Crippen molar-refractivity contribution in [3.05, 3.63) is 58.2 Å². The van der Waals surface area contributed by atoms with E-state index >= 15 is 0 Å². The standard InChI is InChI=1S/C19H18FNO4/c20-12-7-5-9(6-8-12)13-14(18(22)23)16(10-1-2-10)21-17(11-3-4-11)15(13)19(24)25/h5-8,10-11,13,21H,1-4H2,(H,22,23)(H,24,25). The van der Waals surface area contributed by atoms with E-state index in [0.717, 1.165) is 25.7 Å². The van der Waals surface area contributed by atoms with Gasteiger partial charge in [-0.2, -0.15) is 0 Å². The number of nitrogens with one attached hydrogen (secondary N) is 1. The van der Waals surface area contributed by atoms with E-state index in [-0.39, 0.29) is 23.0 Å². The number of dihydropyridines is 1. The average molecular weight is 343 g/mol. The second kappa shape index (κ2) is 5.72. The molecule has 0 radical (unpaired) electrons. The molecule has 5 nitrogen and oxygen atoms in total. The highest BCUT2D eigenvalue weighted by atomic mass is 19.1. The minimum atomic E-state index is -1.13. The highest BCUT2D eigenvalue weighted by Crippen LogP contribution is 2.49. The molecule has 0 spiro atoms. The fraction of sp³-hybridized carbons (Fsp3) is 0.368. The molecule has 1 aromatic rings. The highest BCUT2D eigenvalue weighted by molar-refractivity contribution is 5.98. The summed E-state index contributed by atoms with van der Waals surface area (Å²) in [5.41, 5.74) is 1.92. The number of benzene rings is 1. The predicted molar refractivity (Wildman–Crippen MR) is 87.0 cm³/mol. The van der Waals surface area contributed by atoms with Gasteiger partial charge in [-0.05, 0) is 55.2 Å². The van der Waals surface area contributed by atoms with E-state index < -0.39 is 23.7 Å². The maximum Gasteiger partial charge on any atom is 0.334 e. The fourth-order valence-corrected chi connectivity index (χ4v) is 3.59. The third kappa shape index (κ3) is 2.81. The van der Waals surface area contributed by atoms with Gasteiger partial charge in [0.2, 0.25) is 0 Å². The van der Waals surface area contributed by atoms with Gasteiger partial charge in [0.1, 0.15) is 5.82 Å². The smallest absolute Gasteiger partial charge is 0.334 e. The first-order valence-electron chi connectivity index (χ1n) is 8.44. The van der Waals surface area contributed by atoms with Gasteiger partial charge < -0.3 is 15.5 Å². The Balaban J connectivity index is 1.92. The minimum Gasteiger partial charge on any atom is -0.478 e. The number of carboxylic acids is 2. The lowest BCUT2D eigenvalue weighted by molar-refractivity contribution is -0.133. The Kier molecular flexibility index (Phi) is 3.63. The first kappa shape index (κ1) is 15.9. The molecule has 6 heteroatoms. The molecule has 2 saturated carbocycles. The molecule has 0 bridgehead atoms. The molecule has 0 amide bonds. The van der Waals surface area contributed by atoms with Crippen molar-refractivity contribution in [2.75, 3.05) is 0 Å². The van der Waals surface area contributed by atoms with E-state index in [2.05, 4.69) is 5.32 Å². The molecule has 25 heavy (non-hydrogen) atoms. The number of halogens is 1. The van der Waals surface area contributed by atoms with Gasteiger partial charge in [0, 0.05) is 11.4 Å². The SMILES string of the molecule is O=C(O)C1=C(C2CC2)NC(C2CC2)=C(C(=O)O)C1c1ccc(F)cc1. The van der Waals surface area contributed by atoms with Gasteiger partial charge in [-0.15, -0.1) is 0 Å². The second-order valence-electron chi connectivity index (χ2n) is 6.92. The number of aliphatic carboxylic acids is 2. The Labute approximate surface area is 143 Å². The van der Waals surface area contributed by atoms with E-state index in [1.807, 2.05) is 0 Å². The van der Waals surface area contributed by atoms with Crippen molar-refractivity contribution in [1.82, 2.24) is 5.32 Å². The van der Waals surface area contributed by atoms with Gasteiger partial charge in [-0.25, -0.2) is 14.0 Å². The number of carboxylic acid groups (broad SMARTS) is 2. The van der Waals surface area contributed by atoms with Crippen LogP contribution in [-0.2, 0) is 9.59 Å². The van der Waals surface area contributed by atoms with Crippen molar-refractivity contribution in [3.63, 3.8) is 0 Å². The summed E-state index contributed by atoms with van der Waals surface area (Å²) in [6.07, 6.45) is 3.59. The predicted octanol–water partition coefficient (Wildman–Crippen LogP) is 3.01. The van der Waals surface area contributed by atoms with Crippen LogP contribution in [0.15, 0.2) is 46.8 Å². The van der Waals surface area contributed by atoms with E-state index in [9.17, 15) is 24.2 Å². The van der Waals surface area contributed by atoms with Crippen LogP contribution in [-0.4, -0.2) is 22.2 Å². The molecule has 1 aliphatic heterocycles. The number of hydrogen-bond donors (Lipinski definition) is 3. The molecule has 1 heterocycles. The molecule has 1 aromatic carbocycles. The first-order valence-corrected chi connectivity index (χ1v) is 8.44. The third-order valence-corrected chi connectivity index (χ3v) is 5.06. The Morgan fingerprint density at radius 2 is 1.32 bits per heavy atom. The molecule has 0 saturated heterocycles. The Bertz CT molecular complexity index is 770. The quantitative estimate of drug-likeness (QED) is 0.765. The molecule has 4 rings (SSSR count). The maximum absolute atomic E-state index is 13.3.